The normalized spacial score (nSPS) is 10.4. The van der Waals surface area contributed by atoms with Crippen LogP contribution in [0.25, 0.3) is 0 Å². The average Bonchev–Trinajstić information content (AvgIpc) is 2.33. The van der Waals surface area contributed by atoms with Crippen molar-refractivity contribution in [2.75, 3.05) is 6.61 Å². The molecule has 0 heterocycles. The van der Waals surface area contributed by atoms with Crippen molar-refractivity contribution < 1.29 is 19.2 Å². The summed E-state index contributed by atoms with van der Waals surface area (Å²) in [6.45, 7) is 2.72. The van der Waals surface area contributed by atoms with E-state index in [9.17, 15) is 4.39 Å². The van der Waals surface area contributed by atoms with Crippen molar-refractivity contribution in [2.24, 2.45) is 0 Å². The van der Waals surface area contributed by atoms with Crippen LogP contribution in [0.4, 0.5) is 4.39 Å². The standard InChI is InChI=1S/C13H20BFO3/c1-2-3-4-5-6-9-18-11-7-8-12(14(16)17)13(15)10-11/h7-8,10,16-17H,2-6,9H2,1H3. The van der Waals surface area contributed by atoms with Gasteiger partial charge in [0.25, 0.3) is 0 Å². The van der Waals surface area contributed by atoms with Gasteiger partial charge in [0.15, 0.2) is 0 Å². The Morgan fingerprint density at radius 3 is 2.50 bits per heavy atom. The van der Waals surface area contributed by atoms with Crippen LogP contribution >= 0.6 is 0 Å². The molecule has 0 bridgehead atoms. The summed E-state index contributed by atoms with van der Waals surface area (Å²) in [7, 11) is -1.78. The second-order valence-corrected chi connectivity index (χ2v) is 4.32. The van der Waals surface area contributed by atoms with Gasteiger partial charge in [0, 0.05) is 11.5 Å². The molecular formula is C13H20BFO3. The summed E-state index contributed by atoms with van der Waals surface area (Å²) >= 11 is 0. The molecule has 0 amide bonds. The number of benzene rings is 1. The van der Waals surface area contributed by atoms with Crippen molar-refractivity contribution >= 4 is 12.6 Å². The van der Waals surface area contributed by atoms with E-state index < -0.39 is 12.9 Å². The van der Waals surface area contributed by atoms with Crippen molar-refractivity contribution in [2.45, 2.75) is 39.0 Å². The Bertz CT molecular complexity index is 358. The number of hydrogen-bond donors (Lipinski definition) is 2. The largest absolute Gasteiger partial charge is 0.493 e. The van der Waals surface area contributed by atoms with Crippen molar-refractivity contribution in [3.05, 3.63) is 24.0 Å². The lowest BCUT2D eigenvalue weighted by atomic mass is 9.80. The molecule has 1 rings (SSSR count). The number of hydrogen-bond acceptors (Lipinski definition) is 3. The molecule has 0 aliphatic carbocycles. The Hall–Kier alpha value is -1.07. The highest BCUT2D eigenvalue weighted by atomic mass is 19.1. The molecule has 3 nitrogen and oxygen atoms in total. The van der Waals surface area contributed by atoms with Gasteiger partial charge in [-0.05, 0) is 12.5 Å². The van der Waals surface area contributed by atoms with E-state index in [1.54, 1.807) is 6.07 Å². The summed E-state index contributed by atoms with van der Waals surface area (Å²) in [5, 5.41) is 17.7. The van der Waals surface area contributed by atoms with E-state index in [-0.39, 0.29) is 5.46 Å². The molecule has 0 aliphatic heterocycles. The first-order valence-corrected chi connectivity index (χ1v) is 6.43. The van der Waals surface area contributed by atoms with Gasteiger partial charge >= 0.3 is 7.12 Å². The Balaban J connectivity index is 2.33. The second-order valence-electron chi connectivity index (χ2n) is 4.32. The molecule has 0 spiro atoms. The van der Waals surface area contributed by atoms with E-state index in [1.165, 1.54) is 31.4 Å². The van der Waals surface area contributed by atoms with Gasteiger partial charge in [0.05, 0.1) is 6.61 Å². The molecule has 1 aromatic rings. The first-order chi connectivity index (χ1) is 8.65. The van der Waals surface area contributed by atoms with Crippen LogP contribution in [0.5, 0.6) is 5.75 Å². The molecule has 100 valence electrons. The summed E-state index contributed by atoms with van der Waals surface area (Å²) in [6.07, 6.45) is 5.70. The molecule has 0 radical (unpaired) electrons. The summed E-state index contributed by atoms with van der Waals surface area (Å²) in [6, 6.07) is 4.05. The minimum Gasteiger partial charge on any atom is -0.493 e. The molecule has 0 fully saturated rings. The Kier molecular flexibility index (Phi) is 6.76. The van der Waals surface area contributed by atoms with Crippen LogP contribution < -0.4 is 10.2 Å². The zero-order valence-corrected chi connectivity index (χ0v) is 10.7. The predicted molar refractivity (Wildman–Crippen MR) is 70.5 cm³/mol. The highest BCUT2D eigenvalue weighted by Crippen LogP contribution is 2.12. The van der Waals surface area contributed by atoms with Gasteiger partial charge in [-0.1, -0.05) is 38.7 Å². The van der Waals surface area contributed by atoms with Crippen LogP contribution in [0.15, 0.2) is 18.2 Å². The summed E-state index contributed by atoms with van der Waals surface area (Å²) < 4.78 is 18.8. The molecule has 0 aliphatic rings. The zero-order valence-electron chi connectivity index (χ0n) is 10.7. The van der Waals surface area contributed by atoms with Gasteiger partial charge in [-0.2, -0.15) is 0 Å². The van der Waals surface area contributed by atoms with Crippen molar-refractivity contribution in [3.63, 3.8) is 0 Å². The lowest BCUT2D eigenvalue weighted by molar-refractivity contribution is 0.303. The van der Waals surface area contributed by atoms with Crippen molar-refractivity contribution in [1.82, 2.24) is 0 Å². The monoisotopic (exact) mass is 254 g/mol. The van der Waals surface area contributed by atoms with Gasteiger partial charge in [-0.3, -0.25) is 0 Å². The minimum atomic E-state index is -1.78. The lowest BCUT2D eigenvalue weighted by Crippen LogP contribution is -2.32. The Morgan fingerprint density at radius 2 is 1.89 bits per heavy atom. The highest BCUT2D eigenvalue weighted by molar-refractivity contribution is 6.58. The lowest BCUT2D eigenvalue weighted by Gasteiger charge is -2.08. The van der Waals surface area contributed by atoms with Crippen LogP contribution in [-0.2, 0) is 0 Å². The molecule has 0 saturated carbocycles. The van der Waals surface area contributed by atoms with Crippen LogP contribution in [0, 0.1) is 5.82 Å². The van der Waals surface area contributed by atoms with Gasteiger partial charge in [-0.25, -0.2) is 4.39 Å². The fraction of sp³-hybridized carbons (Fsp3) is 0.538. The smallest absolute Gasteiger partial charge is 0.491 e. The molecule has 0 saturated heterocycles. The quantitative estimate of drug-likeness (QED) is 0.550. The zero-order chi connectivity index (χ0) is 13.4. The van der Waals surface area contributed by atoms with Crippen molar-refractivity contribution in [1.29, 1.82) is 0 Å². The Morgan fingerprint density at radius 1 is 1.17 bits per heavy atom. The van der Waals surface area contributed by atoms with Gasteiger partial charge in [-0.15, -0.1) is 0 Å². The number of rotatable bonds is 8. The van der Waals surface area contributed by atoms with Gasteiger partial charge < -0.3 is 14.8 Å². The number of ether oxygens (including phenoxy) is 1. The molecule has 0 aromatic heterocycles. The molecule has 0 unspecified atom stereocenters. The third kappa shape index (κ3) is 5.06. The summed E-state index contributed by atoms with van der Waals surface area (Å²) in [5.41, 5.74) is -0.134. The molecule has 1 aromatic carbocycles. The maximum absolute atomic E-state index is 13.4. The summed E-state index contributed by atoms with van der Waals surface area (Å²) in [4.78, 5) is 0. The fourth-order valence-corrected chi connectivity index (χ4v) is 1.70. The number of halogens is 1. The van der Waals surface area contributed by atoms with Crippen LogP contribution in [0.3, 0.4) is 0 Å². The fourth-order valence-electron chi connectivity index (χ4n) is 1.70. The van der Waals surface area contributed by atoms with Crippen LogP contribution in [0.1, 0.15) is 39.0 Å². The first kappa shape index (κ1) is 15.0. The topological polar surface area (TPSA) is 49.7 Å². The minimum absolute atomic E-state index is 0.134. The van der Waals surface area contributed by atoms with E-state index in [0.717, 1.165) is 12.8 Å². The first-order valence-electron chi connectivity index (χ1n) is 6.43. The molecule has 2 N–H and O–H groups in total. The van der Waals surface area contributed by atoms with E-state index in [2.05, 4.69) is 6.92 Å². The average molecular weight is 254 g/mol. The van der Waals surface area contributed by atoms with E-state index >= 15 is 0 Å². The second kappa shape index (κ2) is 8.11. The van der Waals surface area contributed by atoms with Crippen molar-refractivity contribution in [3.8, 4) is 5.75 Å². The Labute approximate surface area is 108 Å². The third-order valence-corrected chi connectivity index (χ3v) is 2.77. The third-order valence-electron chi connectivity index (χ3n) is 2.77. The highest BCUT2D eigenvalue weighted by Gasteiger charge is 2.16. The maximum Gasteiger partial charge on any atom is 0.491 e. The maximum atomic E-state index is 13.4. The molecule has 18 heavy (non-hydrogen) atoms. The predicted octanol–water partition coefficient (Wildman–Crippen LogP) is 1.85. The SMILES string of the molecule is CCCCCCCOc1ccc(B(O)O)c(F)c1. The van der Waals surface area contributed by atoms with E-state index in [0.29, 0.717) is 12.4 Å². The summed E-state index contributed by atoms with van der Waals surface area (Å²) in [5.74, 6) is -0.235. The van der Waals surface area contributed by atoms with E-state index in [4.69, 9.17) is 14.8 Å². The number of unbranched alkanes of at least 4 members (excludes halogenated alkanes) is 4. The van der Waals surface area contributed by atoms with Gasteiger partial charge in [0.2, 0.25) is 0 Å². The van der Waals surface area contributed by atoms with E-state index in [1.807, 2.05) is 0 Å². The molecule has 0 atom stereocenters. The van der Waals surface area contributed by atoms with Crippen LogP contribution in [-0.4, -0.2) is 23.8 Å². The molecule has 5 heteroatoms. The van der Waals surface area contributed by atoms with Crippen LogP contribution in [0.2, 0.25) is 0 Å². The van der Waals surface area contributed by atoms with Gasteiger partial charge in [0.1, 0.15) is 11.6 Å². The molecular weight excluding hydrogens is 234 g/mol.